The van der Waals surface area contributed by atoms with Gasteiger partial charge in [-0.3, -0.25) is 0 Å². The molecule has 2 aromatic rings. The zero-order valence-corrected chi connectivity index (χ0v) is 13.8. The second-order valence-corrected chi connectivity index (χ2v) is 6.08. The number of hydrogen-bond donors (Lipinski definition) is 1. The lowest BCUT2D eigenvalue weighted by atomic mass is 10.1. The molecule has 6 nitrogen and oxygen atoms in total. The Morgan fingerprint density at radius 2 is 1.70 bits per heavy atom. The second kappa shape index (κ2) is 6.32. The van der Waals surface area contributed by atoms with Gasteiger partial charge in [-0.15, -0.1) is 0 Å². The Bertz CT molecular complexity index is 682. The molecular weight excluding hydrogens is 292 g/mol. The molecule has 3 rings (SSSR count). The number of nitrogens with zero attached hydrogens (tertiary/aromatic N) is 3. The predicted molar refractivity (Wildman–Crippen MR) is 90.0 cm³/mol. The third-order valence-corrected chi connectivity index (χ3v) is 3.98. The summed E-state index contributed by atoms with van der Waals surface area (Å²) in [7, 11) is 0. The van der Waals surface area contributed by atoms with E-state index < -0.39 is 0 Å². The summed E-state index contributed by atoms with van der Waals surface area (Å²) in [5, 5.41) is 7.01. The lowest BCUT2D eigenvalue weighted by Gasteiger charge is -2.34. The minimum Gasteiger partial charge on any atom is -0.360 e. The predicted octanol–water partition coefficient (Wildman–Crippen LogP) is 2.95. The molecule has 1 N–H and O–H groups in total. The van der Waals surface area contributed by atoms with Gasteiger partial charge >= 0.3 is 6.03 Å². The third-order valence-electron chi connectivity index (χ3n) is 3.98. The molecule has 0 bridgehead atoms. The molecule has 0 unspecified atom stereocenters. The number of piperazine rings is 1. The molecule has 1 aromatic heterocycles. The molecule has 0 atom stereocenters. The normalized spacial score (nSPS) is 14.9. The van der Waals surface area contributed by atoms with Crippen molar-refractivity contribution in [2.24, 2.45) is 0 Å². The average Bonchev–Trinajstić information content (AvgIpc) is 2.93. The van der Waals surface area contributed by atoms with Crippen LogP contribution in [-0.4, -0.2) is 42.3 Å². The Labute approximate surface area is 136 Å². The molecule has 1 aromatic carbocycles. The van der Waals surface area contributed by atoms with Gasteiger partial charge in [0.1, 0.15) is 5.76 Å². The van der Waals surface area contributed by atoms with Gasteiger partial charge in [-0.25, -0.2) is 4.79 Å². The summed E-state index contributed by atoms with van der Waals surface area (Å²) in [6.45, 7) is 8.79. The van der Waals surface area contributed by atoms with E-state index in [-0.39, 0.29) is 6.03 Å². The fourth-order valence-corrected chi connectivity index (χ4v) is 2.89. The third kappa shape index (κ3) is 3.64. The molecular formula is C17H22N4O2. The summed E-state index contributed by atoms with van der Waals surface area (Å²) in [4.78, 5) is 16.4. The minimum atomic E-state index is -0.0500. The topological polar surface area (TPSA) is 61.6 Å². The van der Waals surface area contributed by atoms with E-state index in [1.54, 1.807) is 0 Å². The highest BCUT2D eigenvalue weighted by atomic mass is 16.5. The van der Waals surface area contributed by atoms with Gasteiger partial charge in [-0.05, 0) is 44.0 Å². The van der Waals surface area contributed by atoms with Crippen molar-refractivity contribution < 1.29 is 9.32 Å². The first-order chi connectivity index (χ1) is 11.0. The van der Waals surface area contributed by atoms with E-state index in [2.05, 4.69) is 21.4 Å². The van der Waals surface area contributed by atoms with Crippen LogP contribution in [0.25, 0.3) is 0 Å². The first kappa shape index (κ1) is 15.4. The molecule has 2 heterocycles. The smallest absolute Gasteiger partial charge is 0.321 e. The van der Waals surface area contributed by atoms with Crippen molar-refractivity contribution in [1.82, 2.24) is 10.1 Å². The summed E-state index contributed by atoms with van der Waals surface area (Å²) in [5.41, 5.74) is 3.14. The fourth-order valence-electron chi connectivity index (χ4n) is 2.89. The van der Waals surface area contributed by atoms with Crippen molar-refractivity contribution in [3.8, 4) is 0 Å². The Hall–Kier alpha value is -2.50. The lowest BCUT2D eigenvalue weighted by Crippen LogP contribution is -2.50. The van der Waals surface area contributed by atoms with Gasteiger partial charge in [-0.1, -0.05) is 11.2 Å². The van der Waals surface area contributed by atoms with Crippen LogP contribution in [0.5, 0.6) is 0 Å². The molecule has 0 spiro atoms. The number of hydrogen-bond acceptors (Lipinski definition) is 4. The highest BCUT2D eigenvalue weighted by Gasteiger charge is 2.22. The molecule has 0 aliphatic carbocycles. The van der Waals surface area contributed by atoms with Crippen LogP contribution in [0, 0.1) is 20.8 Å². The molecule has 2 amide bonds. The number of aromatic nitrogens is 1. The summed E-state index contributed by atoms with van der Waals surface area (Å²) in [6, 6.07) is 7.93. The summed E-state index contributed by atoms with van der Waals surface area (Å²) >= 11 is 0. The maximum atomic E-state index is 12.4. The lowest BCUT2D eigenvalue weighted by molar-refractivity contribution is 0.208. The van der Waals surface area contributed by atoms with E-state index in [1.807, 2.05) is 43.9 Å². The van der Waals surface area contributed by atoms with E-state index in [9.17, 15) is 4.79 Å². The van der Waals surface area contributed by atoms with Crippen LogP contribution in [0.1, 0.15) is 16.9 Å². The van der Waals surface area contributed by atoms with E-state index >= 15 is 0 Å². The van der Waals surface area contributed by atoms with Crippen molar-refractivity contribution in [2.75, 3.05) is 36.4 Å². The molecule has 1 aliphatic heterocycles. The number of urea groups is 1. The van der Waals surface area contributed by atoms with Crippen LogP contribution >= 0.6 is 0 Å². The quantitative estimate of drug-likeness (QED) is 0.926. The first-order valence-corrected chi connectivity index (χ1v) is 7.84. The maximum Gasteiger partial charge on any atom is 0.321 e. The van der Waals surface area contributed by atoms with Gasteiger partial charge in [-0.2, -0.15) is 0 Å². The number of anilines is 2. The van der Waals surface area contributed by atoms with Crippen LogP contribution in [0.4, 0.5) is 16.3 Å². The van der Waals surface area contributed by atoms with Crippen LogP contribution < -0.4 is 10.2 Å². The molecule has 6 heteroatoms. The van der Waals surface area contributed by atoms with Crippen molar-refractivity contribution in [1.29, 1.82) is 0 Å². The van der Waals surface area contributed by atoms with Crippen LogP contribution in [0.3, 0.4) is 0 Å². The number of amides is 2. The zero-order valence-electron chi connectivity index (χ0n) is 13.8. The Balaban J connectivity index is 1.57. The number of aryl methyl sites for hydroxylation is 3. The second-order valence-electron chi connectivity index (χ2n) is 6.08. The number of nitrogens with one attached hydrogen (secondary N) is 1. The average molecular weight is 314 g/mol. The van der Waals surface area contributed by atoms with Gasteiger partial charge in [0.15, 0.2) is 5.82 Å². The van der Waals surface area contributed by atoms with Crippen LogP contribution in [-0.2, 0) is 0 Å². The highest BCUT2D eigenvalue weighted by molar-refractivity contribution is 5.89. The van der Waals surface area contributed by atoms with E-state index in [0.29, 0.717) is 13.1 Å². The van der Waals surface area contributed by atoms with Gasteiger partial charge in [0.05, 0.1) is 0 Å². The zero-order chi connectivity index (χ0) is 16.4. The van der Waals surface area contributed by atoms with Crippen molar-refractivity contribution in [2.45, 2.75) is 20.8 Å². The standard InChI is InChI=1S/C17H22N4O2/c1-12-8-13(2)10-15(9-12)18-17(22)21-6-4-20(5-7-21)16-11-14(3)23-19-16/h8-11H,4-7H2,1-3H3,(H,18,22). The monoisotopic (exact) mass is 314 g/mol. The first-order valence-electron chi connectivity index (χ1n) is 7.84. The molecule has 23 heavy (non-hydrogen) atoms. The number of carbonyl (C=O) groups excluding carboxylic acids is 1. The maximum absolute atomic E-state index is 12.4. The van der Waals surface area contributed by atoms with E-state index in [0.717, 1.165) is 41.5 Å². The molecule has 1 aliphatic rings. The van der Waals surface area contributed by atoms with Crippen molar-refractivity contribution >= 4 is 17.5 Å². The molecule has 0 saturated carbocycles. The Kier molecular flexibility index (Phi) is 4.23. The van der Waals surface area contributed by atoms with E-state index in [4.69, 9.17) is 4.52 Å². The fraction of sp³-hybridized carbons (Fsp3) is 0.412. The minimum absolute atomic E-state index is 0.0500. The largest absolute Gasteiger partial charge is 0.360 e. The van der Waals surface area contributed by atoms with Crippen molar-refractivity contribution in [3.63, 3.8) is 0 Å². The molecule has 1 saturated heterocycles. The Morgan fingerprint density at radius 3 is 2.26 bits per heavy atom. The molecule has 1 fully saturated rings. The summed E-state index contributed by atoms with van der Waals surface area (Å²) in [5.74, 6) is 1.65. The van der Waals surface area contributed by atoms with E-state index in [1.165, 1.54) is 0 Å². The van der Waals surface area contributed by atoms with Crippen molar-refractivity contribution in [3.05, 3.63) is 41.2 Å². The highest BCUT2D eigenvalue weighted by Crippen LogP contribution is 2.18. The Morgan fingerprint density at radius 1 is 1.04 bits per heavy atom. The number of benzene rings is 1. The van der Waals surface area contributed by atoms with Crippen LogP contribution in [0.2, 0.25) is 0 Å². The summed E-state index contributed by atoms with van der Waals surface area (Å²) < 4.78 is 5.11. The number of rotatable bonds is 2. The summed E-state index contributed by atoms with van der Waals surface area (Å²) in [6.07, 6.45) is 0. The molecule has 122 valence electrons. The van der Waals surface area contributed by atoms with Gasteiger partial charge in [0.2, 0.25) is 0 Å². The molecule has 0 radical (unpaired) electrons. The number of carbonyl (C=O) groups is 1. The van der Waals surface area contributed by atoms with Crippen LogP contribution in [0.15, 0.2) is 28.8 Å². The SMILES string of the molecule is Cc1cc(C)cc(NC(=O)N2CCN(c3cc(C)on3)CC2)c1. The van der Waals surface area contributed by atoms with Gasteiger partial charge in [0, 0.05) is 37.9 Å². The van der Waals surface area contributed by atoms with Gasteiger partial charge in [0.25, 0.3) is 0 Å². The van der Waals surface area contributed by atoms with Gasteiger partial charge < -0.3 is 19.6 Å².